The van der Waals surface area contributed by atoms with Crippen molar-refractivity contribution in [3.8, 4) is 0 Å². The number of nitrogens with two attached hydrogens (primary N) is 1. The number of methoxy groups -OCH3 is 1. The van der Waals surface area contributed by atoms with Crippen molar-refractivity contribution in [2.75, 3.05) is 33.4 Å². The third-order valence-corrected chi connectivity index (χ3v) is 4.31. The highest BCUT2D eigenvalue weighted by Crippen LogP contribution is 2.27. The lowest BCUT2D eigenvalue weighted by Gasteiger charge is -2.37. The molecule has 0 spiro atoms. The van der Waals surface area contributed by atoms with Crippen LogP contribution in [0.3, 0.4) is 0 Å². The van der Waals surface area contributed by atoms with Crippen LogP contribution in [0.1, 0.15) is 44.5 Å². The molecule has 2 rings (SSSR count). The summed E-state index contributed by atoms with van der Waals surface area (Å²) in [6.07, 6.45) is 6.28. The molecule has 1 atom stereocenters. The lowest BCUT2D eigenvalue weighted by atomic mass is 9.96. The molecule has 2 heterocycles. The Labute approximate surface area is 122 Å². The molecular formula is C15H28N4O. The van der Waals surface area contributed by atoms with E-state index in [1.165, 1.54) is 18.5 Å². The largest absolute Gasteiger partial charge is 0.384 e. The summed E-state index contributed by atoms with van der Waals surface area (Å²) < 4.78 is 7.50. The van der Waals surface area contributed by atoms with Gasteiger partial charge in [-0.15, -0.1) is 0 Å². The maximum absolute atomic E-state index is 6.05. The predicted octanol–water partition coefficient (Wildman–Crippen LogP) is 1.82. The molecule has 5 heteroatoms. The molecule has 0 bridgehead atoms. The number of piperidine rings is 1. The number of likely N-dealkylation sites (tertiary alicyclic amines) is 1. The highest BCUT2D eigenvalue weighted by Gasteiger charge is 2.27. The van der Waals surface area contributed by atoms with Gasteiger partial charge in [0.1, 0.15) is 0 Å². The Morgan fingerprint density at radius 1 is 1.40 bits per heavy atom. The van der Waals surface area contributed by atoms with Crippen LogP contribution in [-0.4, -0.2) is 47.8 Å². The zero-order chi connectivity index (χ0) is 14.5. The first-order valence-electron chi connectivity index (χ1n) is 7.62. The first-order chi connectivity index (χ1) is 9.67. The fourth-order valence-electron chi connectivity index (χ4n) is 3.13. The quantitative estimate of drug-likeness (QED) is 0.863. The highest BCUT2D eigenvalue weighted by molar-refractivity contribution is 5.08. The topological polar surface area (TPSA) is 56.3 Å². The van der Waals surface area contributed by atoms with E-state index in [0.717, 1.165) is 19.7 Å². The Kier molecular flexibility index (Phi) is 5.57. The molecule has 1 unspecified atom stereocenters. The summed E-state index contributed by atoms with van der Waals surface area (Å²) in [6, 6.07) is 0.705. The lowest BCUT2D eigenvalue weighted by molar-refractivity contribution is 0.0789. The normalized spacial score (nSPS) is 19.6. The summed E-state index contributed by atoms with van der Waals surface area (Å²) in [6.45, 7) is 8.09. The molecule has 5 nitrogen and oxygen atoms in total. The lowest BCUT2D eigenvalue weighted by Crippen LogP contribution is -2.41. The average Bonchev–Trinajstić information content (AvgIpc) is 2.91. The third-order valence-electron chi connectivity index (χ3n) is 4.31. The van der Waals surface area contributed by atoms with E-state index in [-0.39, 0.29) is 6.04 Å². The predicted molar refractivity (Wildman–Crippen MR) is 80.6 cm³/mol. The summed E-state index contributed by atoms with van der Waals surface area (Å²) in [4.78, 5) is 6.81. The van der Waals surface area contributed by atoms with Crippen LogP contribution in [0.25, 0.3) is 0 Å². The van der Waals surface area contributed by atoms with Gasteiger partial charge in [-0.05, 0) is 45.7 Å². The molecule has 2 N–H and O–H groups in total. The van der Waals surface area contributed by atoms with Gasteiger partial charge in [-0.1, -0.05) is 0 Å². The van der Waals surface area contributed by atoms with Crippen LogP contribution in [0.5, 0.6) is 0 Å². The van der Waals surface area contributed by atoms with Crippen molar-refractivity contribution in [3.63, 3.8) is 0 Å². The van der Waals surface area contributed by atoms with E-state index in [9.17, 15) is 0 Å². The van der Waals surface area contributed by atoms with Crippen molar-refractivity contribution < 1.29 is 4.74 Å². The second kappa shape index (κ2) is 7.20. The van der Waals surface area contributed by atoms with Gasteiger partial charge < -0.3 is 15.0 Å². The molecule has 1 aromatic heterocycles. The van der Waals surface area contributed by atoms with Crippen molar-refractivity contribution >= 4 is 0 Å². The van der Waals surface area contributed by atoms with Gasteiger partial charge in [0.2, 0.25) is 0 Å². The number of nitrogens with zero attached hydrogens (tertiary/aromatic N) is 3. The number of ether oxygens (including phenoxy) is 1. The Balaban J connectivity index is 2.04. The highest BCUT2D eigenvalue weighted by atomic mass is 16.5. The van der Waals surface area contributed by atoms with Crippen LogP contribution < -0.4 is 5.73 Å². The maximum Gasteiger partial charge on any atom is 0.0951 e. The van der Waals surface area contributed by atoms with Crippen LogP contribution in [0, 0.1) is 5.92 Å². The van der Waals surface area contributed by atoms with E-state index in [1.807, 2.05) is 12.5 Å². The molecule has 114 valence electrons. The fourth-order valence-corrected chi connectivity index (χ4v) is 3.13. The van der Waals surface area contributed by atoms with Crippen molar-refractivity contribution in [3.05, 3.63) is 18.2 Å². The molecule has 1 aliphatic rings. The molecule has 1 aliphatic heterocycles. The Morgan fingerprint density at radius 2 is 2.10 bits per heavy atom. The standard InChI is InChI=1S/C15H28N4O/c1-12(2)19-11-17-9-15(19)14(8-16)18-6-4-13(5-7-18)10-20-3/h9,11-14H,4-8,10,16H2,1-3H3. The number of imidazole rings is 1. The summed E-state index contributed by atoms with van der Waals surface area (Å²) in [5, 5.41) is 0. The summed E-state index contributed by atoms with van der Waals surface area (Å²) in [5.74, 6) is 0.699. The van der Waals surface area contributed by atoms with Gasteiger partial charge in [0.05, 0.1) is 18.1 Å². The molecule has 0 aliphatic carbocycles. The van der Waals surface area contributed by atoms with Gasteiger partial charge in [-0.2, -0.15) is 0 Å². The average molecular weight is 280 g/mol. The van der Waals surface area contributed by atoms with Gasteiger partial charge in [0.25, 0.3) is 0 Å². The summed E-state index contributed by atoms with van der Waals surface area (Å²) >= 11 is 0. The minimum Gasteiger partial charge on any atom is -0.384 e. The number of hydrogen-bond donors (Lipinski definition) is 1. The van der Waals surface area contributed by atoms with Crippen molar-refractivity contribution in [1.29, 1.82) is 0 Å². The van der Waals surface area contributed by atoms with E-state index in [0.29, 0.717) is 18.5 Å². The molecule has 0 saturated carbocycles. The summed E-state index contributed by atoms with van der Waals surface area (Å²) in [5.41, 5.74) is 7.29. The van der Waals surface area contributed by atoms with Crippen molar-refractivity contribution in [2.24, 2.45) is 11.7 Å². The van der Waals surface area contributed by atoms with Crippen LogP contribution >= 0.6 is 0 Å². The van der Waals surface area contributed by atoms with Crippen molar-refractivity contribution in [1.82, 2.24) is 14.5 Å². The Morgan fingerprint density at radius 3 is 2.65 bits per heavy atom. The van der Waals surface area contributed by atoms with Gasteiger partial charge in [-0.25, -0.2) is 4.98 Å². The first kappa shape index (κ1) is 15.5. The van der Waals surface area contributed by atoms with E-state index < -0.39 is 0 Å². The second-order valence-electron chi connectivity index (χ2n) is 6.01. The van der Waals surface area contributed by atoms with E-state index in [1.54, 1.807) is 7.11 Å². The number of aromatic nitrogens is 2. The van der Waals surface area contributed by atoms with Gasteiger partial charge >= 0.3 is 0 Å². The second-order valence-corrected chi connectivity index (χ2v) is 6.01. The van der Waals surface area contributed by atoms with Gasteiger partial charge in [-0.3, -0.25) is 4.90 Å². The van der Waals surface area contributed by atoms with Crippen LogP contribution in [0.15, 0.2) is 12.5 Å². The fraction of sp³-hybridized carbons (Fsp3) is 0.800. The van der Waals surface area contributed by atoms with Crippen LogP contribution in [-0.2, 0) is 4.74 Å². The Bertz CT molecular complexity index is 396. The molecular weight excluding hydrogens is 252 g/mol. The zero-order valence-corrected chi connectivity index (χ0v) is 13.0. The minimum atomic E-state index is 0.281. The van der Waals surface area contributed by atoms with Gasteiger partial charge in [0.15, 0.2) is 0 Å². The maximum atomic E-state index is 6.05. The van der Waals surface area contributed by atoms with Crippen LogP contribution in [0.4, 0.5) is 0 Å². The monoisotopic (exact) mass is 280 g/mol. The van der Waals surface area contributed by atoms with Crippen LogP contribution in [0.2, 0.25) is 0 Å². The summed E-state index contributed by atoms with van der Waals surface area (Å²) in [7, 11) is 1.79. The Hall–Kier alpha value is -0.910. The SMILES string of the molecule is COCC1CCN(C(CN)c2cncn2C(C)C)CC1. The number of rotatable bonds is 6. The van der Waals surface area contributed by atoms with Crippen molar-refractivity contribution in [2.45, 2.75) is 38.8 Å². The zero-order valence-electron chi connectivity index (χ0n) is 13.0. The molecule has 0 amide bonds. The third kappa shape index (κ3) is 3.40. The smallest absolute Gasteiger partial charge is 0.0951 e. The molecule has 1 aromatic rings. The molecule has 1 saturated heterocycles. The first-order valence-corrected chi connectivity index (χ1v) is 7.62. The molecule has 20 heavy (non-hydrogen) atoms. The molecule has 0 aromatic carbocycles. The van der Waals surface area contributed by atoms with E-state index in [4.69, 9.17) is 10.5 Å². The molecule has 1 fully saturated rings. The minimum absolute atomic E-state index is 0.281. The number of hydrogen-bond acceptors (Lipinski definition) is 4. The molecule has 0 radical (unpaired) electrons. The van der Waals surface area contributed by atoms with E-state index >= 15 is 0 Å². The van der Waals surface area contributed by atoms with E-state index in [2.05, 4.69) is 28.3 Å². The van der Waals surface area contributed by atoms with Gasteiger partial charge in [0, 0.05) is 32.5 Å².